The van der Waals surface area contributed by atoms with Gasteiger partial charge in [-0.1, -0.05) is 60.7 Å². The van der Waals surface area contributed by atoms with Gasteiger partial charge in [-0.3, -0.25) is 4.99 Å². The van der Waals surface area contributed by atoms with Crippen LogP contribution in [0.5, 0.6) is 0 Å². The van der Waals surface area contributed by atoms with E-state index in [9.17, 15) is 0 Å². The highest BCUT2D eigenvalue weighted by Gasteiger charge is 2.17. The predicted octanol–water partition coefficient (Wildman–Crippen LogP) is 4.14. The molecule has 1 aliphatic rings. The topological polar surface area (TPSA) is 39.7 Å². The van der Waals surface area contributed by atoms with Gasteiger partial charge < -0.3 is 15.5 Å². The first-order valence-electron chi connectivity index (χ1n) is 10.5. The molecule has 1 atom stereocenters. The second-order valence-electron chi connectivity index (χ2n) is 7.88. The maximum atomic E-state index is 4.44. The summed E-state index contributed by atoms with van der Waals surface area (Å²) in [6.45, 7) is 4.27. The lowest BCUT2D eigenvalue weighted by Gasteiger charge is -2.29. The van der Waals surface area contributed by atoms with Crippen molar-refractivity contribution < 1.29 is 0 Å². The lowest BCUT2D eigenvalue weighted by atomic mass is 9.92. The number of hydrogen-bond donors (Lipinski definition) is 2. The summed E-state index contributed by atoms with van der Waals surface area (Å²) in [7, 11) is 4.07. The maximum Gasteiger partial charge on any atom is 0.191 e. The molecule has 1 saturated heterocycles. The highest BCUT2D eigenvalue weighted by Crippen LogP contribution is 2.20. The van der Waals surface area contributed by atoms with Gasteiger partial charge >= 0.3 is 0 Å². The first-order valence-corrected chi connectivity index (χ1v) is 10.5. The van der Waals surface area contributed by atoms with E-state index in [-0.39, 0.29) is 24.0 Å². The summed E-state index contributed by atoms with van der Waals surface area (Å²) >= 11 is 0. The van der Waals surface area contributed by atoms with Crippen LogP contribution < -0.4 is 10.6 Å². The lowest BCUT2D eigenvalue weighted by molar-refractivity contribution is 0.220. The fraction of sp³-hybridized carbons (Fsp3) is 0.458. The highest BCUT2D eigenvalue weighted by molar-refractivity contribution is 14.0. The smallest absolute Gasteiger partial charge is 0.191 e. The largest absolute Gasteiger partial charge is 0.356 e. The molecule has 1 heterocycles. The molecule has 1 aliphatic heterocycles. The third-order valence-corrected chi connectivity index (χ3v) is 5.73. The summed E-state index contributed by atoms with van der Waals surface area (Å²) in [5.41, 5.74) is 2.73. The molecule has 0 saturated carbocycles. The Labute approximate surface area is 193 Å². The second-order valence-corrected chi connectivity index (χ2v) is 7.88. The van der Waals surface area contributed by atoms with Crippen molar-refractivity contribution in [2.45, 2.75) is 25.2 Å². The first-order chi connectivity index (χ1) is 13.7. The molecule has 29 heavy (non-hydrogen) atoms. The number of likely N-dealkylation sites (tertiary alicyclic amines) is 1. The Balaban J connectivity index is 0.00000300. The monoisotopic (exact) mass is 506 g/mol. The van der Waals surface area contributed by atoms with E-state index in [0.29, 0.717) is 5.92 Å². The third kappa shape index (κ3) is 7.97. The van der Waals surface area contributed by atoms with Crippen molar-refractivity contribution in [2.75, 3.05) is 40.3 Å². The number of nitrogens with zero attached hydrogens (tertiary/aromatic N) is 2. The average molecular weight is 506 g/mol. The van der Waals surface area contributed by atoms with Gasteiger partial charge in [0, 0.05) is 26.1 Å². The number of rotatable bonds is 7. The van der Waals surface area contributed by atoms with Crippen LogP contribution in [0, 0.1) is 5.92 Å². The fourth-order valence-corrected chi connectivity index (χ4v) is 3.88. The summed E-state index contributed by atoms with van der Waals surface area (Å²) < 4.78 is 0. The van der Waals surface area contributed by atoms with Gasteiger partial charge in [0.2, 0.25) is 0 Å². The van der Waals surface area contributed by atoms with Gasteiger partial charge in [-0.2, -0.15) is 0 Å². The Morgan fingerprint density at radius 2 is 1.62 bits per heavy atom. The fourth-order valence-electron chi connectivity index (χ4n) is 3.88. The summed E-state index contributed by atoms with van der Waals surface area (Å²) in [6.07, 6.45) is 3.55. The van der Waals surface area contributed by atoms with Gasteiger partial charge in [0.15, 0.2) is 5.96 Å². The van der Waals surface area contributed by atoms with Crippen molar-refractivity contribution in [3.8, 4) is 0 Å². The maximum absolute atomic E-state index is 4.44. The molecule has 0 spiro atoms. The van der Waals surface area contributed by atoms with E-state index in [0.717, 1.165) is 31.4 Å². The Bertz CT molecular complexity index is 712. The van der Waals surface area contributed by atoms with Crippen molar-refractivity contribution in [3.63, 3.8) is 0 Å². The quantitative estimate of drug-likeness (QED) is 0.337. The molecule has 1 fully saturated rings. The van der Waals surface area contributed by atoms with E-state index in [4.69, 9.17) is 0 Å². The summed E-state index contributed by atoms with van der Waals surface area (Å²) in [6, 6.07) is 21.5. The lowest BCUT2D eigenvalue weighted by Crippen LogP contribution is -2.43. The predicted molar refractivity (Wildman–Crippen MR) is 134 cm³/mol. The number of nitrogens with one attached hydrogen (secondary N) is 2. The van der Waals surface area contributed by atoms with Gasteiger partial charge in [-0.25, -0.2) is 0 Å². The van der Waals surface area contributed by atoms with Crippen LogP contribution in [0.4, 0.5) is 0 Å². The number of benzene rings is 2. The molecule has 0 radical (unpaired) electrons. The zero-order valence-corrected chi connectivity index (χ0v) is 20.0. The van der Waals surface area contributed by atoms with Crippen molar-refractivity contribution in [3.05, 3.63) is 71.8 Å². The molecule has 5 heteroatoms. The molecular formula is C24H35IN4. The Morgan fingerprint density at radius 1 is 1.00 bits per heavy atom. The molecule has 158 valence electrons. The van der Waals surface area contributed by atoms with Crippen LogP contribution in [-0.2, 0) is 6.42 Å². The van der Waals surface area contributed by atoms with Gasteiger partial charge in [-0.05, 0) is 56.4 Å². The molecule has 0 aliphatic carbocycles. The third-order valence-electron chi connectivity index (χ3n) is 5.73. The molecular weight excluding hydrogens is 471 g/mol. The Kier molecular flexibility index (Phi) is 10.5. The van der Waals surface area contributed by atoms with E-state index in [1.165, 1.54) is 37.1 Å². The van der Waals surface area contributed by atoms with E-state index in [2.05, 4.69) is 88.2 Å². The van der Waals surface area contributed by atoms with Gasteiger partial charge in [0.05, 0.1) is 0 Å². The van der Waals surface area contributed by atoms with Crippen LogP contribution in [-0.4, -0.2) is 51.1 Å². The van der Waals surface area contributed by atoms with Crippen LogP contribution >= 0.6 is 24.0 Å². The van der Waals surface area contributed by atoms with Crippen molar-refractivity contribution in [2.24, 2.45) is 10.9 Å². The van der Waals surface area contributed by atoms with Gasteiger partial charge in [0.25, 0.3) is 0 Å². The molecule has 4 nitrogen and oxygen atoms in total. The first kappa shape index (κ1) is 23.7. The molecule has 1 unspecified atom stereocenters. The van der Waals surface area contributed by atoms with Gasteiger partial charge in [-0.15, -0.1) is 24.0 Å². The summed E-state index contributed by atoms with van der Waals surface area (Å²) in [5.74, 6) is 2.06. The standard InChI is InChI=1S/C24H34N4.HI/c1-25-24(26-18-21-13-15-28(2)16-14-21)27-19-23(22-11-7-4-8-12-22)17-20-9-5-3-6-10-20;/h3-12,21,23H,13-19H2,1-2H3,(H2,25,26,27);1H. The van der Waals surface area contributed by atoms with E-state index in [1.807, 2.05) is 7.05 Å². The highest BCUT2D eigenvalue weighted by atomic mass is 127. The zero-order valence-electron chi connectivity index (χ0n) is 17.7. The van der Waals surface area contributed by atoms with Gasteiger partial charge in [0.1, 0.15) is 0 Å². The van der Waals surface area contributed by atoms with E-state index < -0.39 is 0 Å². The minimum absolute atomic E-state index is 0. The Morgan fingerprint density at radius 3 is 2.24 bits per heavy atom. The molecule has 2 aromatic rings. The molecule has 0 bridgehead atoms. The molecule has 3 rings (SSSR count). The number of hydrogen-bond acceptors (Lipinski definition) is 2. The van der Waals surface area contributed by atoms with E-state index >= 15 is 0 Å². The number of guanidine groups is 1. The molecule has 0 amide bonds. The molecule has 2 aromatic carbocycles. The SMILES string of the molecule is CN=C(NCC1CCN(C)CC1)NCC(Cc1ccccc1)c1ccccc1.I. The minimum Gasteiger partial charge on any atom is -0.356 e. The summed E-state index contributed by atoms with van der Waals surface area (Å²) in [5, 5.41) is 7.11. The number of aliphatic imine (C=N–C) groups is 1. The minimum atomic E-state index is 0. The van der Waals surface area contributed by atoms with Crippen molar-refractivity contribution in [1.82, 2.24) is 15.5 Å². The van der Waals surface area contributed by atoms with Crippen LogP contribution in [0.15, 0.2) is 65.7 Å². The number of piperidine rings is 1. The average Bonchev–Trinajstić information content (AvgIpc) is 2.75. The normalized spacial score (nSPS) is 16.7. The zero-order chi connectivity index (χ0) is 19.6. The summed E-state index contributed by atoms with van der Waals surface area (Å²) in [4.78, 5) is 6.86. The molecule has 2 N–H and O–H groups in total. The van der Waals surface area contributed by atoms with Crippen LogP contribution in [0.3, 0.4) is 0 Å². The van der Waals surface area contributed by atoms with Crippen LogP contribution in [0.2, 0.25) is 0 Å². The van der Waals surface area contributed by atoms with Crippen molar-refractivity contribution in [1.29, 1.82) is 0 Å². The second kappa shape index (κ2) is 12.9. The van der Waals surface area contributed by atoms with Crippen molar-refractivity contribution >= 4 is 29.9 Å². The number of halogens is 1. The Hall–Kier alpha value is -1.60. The van der Waals surface area contributed by atoms with Crippen LogP contribution in [0.1, 0.15) is 29.9 Å². The molecule has 0 aromatic heterocycles. The van der Waals surface area contributed by atoms with E-state index in [1.54, 1.807) is 0 Å². The van der Waals surface area contributed by atoms with Crippen LogP contribution in [0.25, 0.3) is 0 Å².